The molecule has 0 fully saturated rings. The van der Waals surface area contributed by atoms with E-state index in [1.807, 2.05) is 117 Å². The smallest absolute Gasteiger partial charge is 0.268 e. The summed E-state index contributed by atoms with van der Waals surface area (Å²) in [4.78, 5) is 27.1. The molecule has 2 aromatic heterocycles. The molecule has 2 heterocycles. The van der Waals surface area contributed by atoms with Crippen LogP contribution in [-0.4, -0.2) is 20.4 Å². The number of nitrogens with one attached hydrogen (secondary N) is 4. The average molecular weight is 543 g/mol. The molecular formula is C34H30N4O3. The quantitative estimate of drug-likeness (QED) is 0.178. The van der Waals surface area contributed by atoms with Crippen molar-refractivity contribution in [3.05, 3.63) is 157 Å². The minimum atomic E-state index is -0.701. The number of aryl methyl sites for hydroxylation is 2. The van der Waals surface area contributed by atoms with Gasteiger partial charge in [-0.25, -0.2) is 0 Å². The van der Waals surface area contributed by atoms with E-state index in [9.17, 15) is 9.59 Å². The molecule has 0 saturated heterocycles. The Morgan fingerprint density at radius 2 is 1.15 bits per heavy atom. The molecule has 6 rings (SSSR count). The van der Waals surface area contributed by atoms with E-state index in [1.54, 1.807) is 0 Å². The SMILES string of the molecule is Cc1ccc(-c2[nH][nH]c(=O)c2C(c2cccc(OCc3ccccc3)c2)c2c(-c3ccc(C)cc3)[nH][nH]c2=O)cc1. The summed E-state index contributed by atoms with van der Waals surface area (Å²) < 4.78 is 6.15. The van der Waals surface area contributed by atoms with Crippen LogP contribution in [0.5, 0.6) is 5.75 Å². The van der Waals surface area contributed by atoms with Crippen LogP contribution in [-0.2, 0) is 6.61 Å². The summed E-state index contributed by atoms with van der Waals surface area (Å²) in [6, 6.07) is 33.4. The fraction of sp³-hybridized carbons (Fsp3) is 0.118. The second-order valence-corrected chi connectivity index (χ2v) is 10.2. The van der Waals surface area contributed by atoms with Gasteiger partial charge in [-0.3, -0.25) is 30.0 Å². The van der Waals surface area contributed by atoms with Crippen molar-refractivity contribution in [3.8, 4) is 28.3 Å². The molecule has 7 heteroatoms. The summed E-state index contributed by atoms with van der Waals surface area (Å²) in [7, 11) is 0. The van der Waals surface area contributed by atoms with Gasteiger partial charge in [0, 0.05) is 5.92 Å². The van der Waals surface area contributed by atoms with E-state index in [-0.39, 0.29) is 11.1 Å². The monoisotopic (exact) mass is 542 g/mol. The van der Waals surface area contributed by atoms with E-state index in [4.69, 9.17) is 4.74 Å². The number of aromatic nitrogens is 4. The predicted octanol–water partition coefficient (Wildman–Crippen LogP) is 6.43. The van der Waals surface area contributed by atoms with Crippen molar-refractivity contribution in [1.29, 1.82) is 0 Å². The Bertz CT molecular complexity index is 1800. The second kappa shape index (κ2) is 11.1. The highest BCUT2D eigenvalue weighted by Gasteiger charge is 2.31. The molecule has 4 N–H and O–H groups in total. The van der Waals surface area contributed by atoms with Crippen LogP contribution >= 0.6 is 0 Å². The highest BCUT2D eigenvalue weighted by molar-refractivity contribution is 5.71. The Balaban J connectivity index is 1.53. The lowest BCUT2D eigenvalue weighted by atomic mass is 9.83. The van der Waals surface area contributed by atoms with Crippen molar-refractivity contribution in [1.82, 2.24) is 20.4 Å². The molecule has 0 aliphatic heterocycles. The summed E-state index contributed by atoms with van der Waals surface area (Å²) in [5.74, 6) is -0.0584. The Kier molecular flexibility index (Phi) is 7.00. The molecule has 0 spiro atoms. The fourth-order valence-corrected chi connectivity index (χ4v) is 5.18. The van der Waals surface area contributed by atoms with Gasteiger partial charge < -0.3 is 4.74 Å². The van der Waals surface area contributed by atoms with Crippen LogP contribution in [0.15, 0.2) is 113 Å². The van der Waals surface area contributed by atoms with E-state index >= 15 is 0 Å². The summed E-state index contributed by atoms with van der Waals surface area (Å²) in [6.07, 6.45) is 0. The lowest BCUT2D eigenvalue weighted by molar-refractivity contribution is 0.306. The van der Waals surface area contributed by atoms with Crippen LogP contribution < -0.4 is 15.9 Å². The zero-order chi connectivity index (χ0) is 28.3. The van der Waals surface area contributed by atoms with E-state index < -0.39 is 5.92 Å². The Hall–Kier alpha value is -5.30. The minimum absolute atomic E-state index is 0.295. The summed E-state index contributed by atoms with van der Waals surface area (Å²) in [6.45, 7) is 4.43. The number of ether oxygens (including phenoxy) is 1. The maximum absolute atomic E-state index is 13.5. The zero-order valence-electron chi connectivity index (χ0n) is 22.8. The van der Waals surface area contributed by atoms with Gasteiger partial charge >= 0.3 is 0 Å². The third kappa shape index (κ3) is 5.30. The fourth-order valence-electron chi connectivity index (χ4n) is 5.18. The van der Waals surface area contributed by atoms with Gasteiger partial charge in [-0.2, -0.15) is 0 Å². The standard InChI is InChI=1S/C34H30N4O3/c1-21-11-15-24(16-12-21)31-29(33(39)37-35-31)28(30-32(36-38-34(30)40)25-17-13-22(2)14-18-25)26-9-6-10-27(19-26)41-20-23-7-4-3-5-8-23/h3-19,28H,20H2,1-2H3,(H2,35,37,39)(H2,36,38,40). The third-order valence-corrected chi connectivity index (χ3v) is 7.33. The van der Waals surface area contributed by atoms with Crippen LogP contribution in [0.25, 0.3) is 22.5 Å². The molecule has 0 unspecified atom stereocenters. The van der Waals surface area contributed by atoms with E-state index in [0.717, 1.165) is 33.4 Å². The highest BCUT2D eigenvalue weighted by Crippen LogP contribution is 2.38. The number of aromatic amines is 4. The number of hydrogen-bond donors (Lipinski definition) is 4. The van der Waals surface area contributed by atoms with Crippen LogP contribution in [0.4, 0.5) is 0 Å². The van der Waals surface area contributed by atoms with Gasteiger partial charge in [0.2, 0.25) is 0 Å². The van der Waals surface area contributed by atoms with E-state index in [0.29, 0.717) is 34.9 Å². The van der Waals surface area contributed by atoms with Crippen molar-refractivity contribution in [3.63, 3.8) is 0 Å². The first-order chi connectivity index (χ1) is 20.0. The molecule has 0 saturated carbocycles. The average Bonchev–Trinajstić information content (AvgIpc) is 3.56. The van der Waals surface area contributed by atoms with Crippen molar-refractivity contribution in [2.75, 3.05) is 0 Å². The summed E-state index contributed by atoms with van der Waals surface area (Å²) in [5, 5.41) is 11.7. The second-order valence-electron chi connectivity index (χ2n) is 10.2. The van der Waals surface area contributed by atoms with Crippen LogP contribution in [0.1, 0.15) is 39.3 Å². The zero-order valence-corrected chi connectivity index (χ0v) is 22.8. The van der Waals surface area contributed by atoms with Crippen molar-refractivity contribution in [2.45, 2.75) is 26.4 Å². The van der Waals surface area contributed by atoms with Crippen LogP contribution in [0.2, 0.25) is 0 Å². The van der Waals surface area contributed by atoms with Gasteiger partial charge in [-0.15, -0.1) is 0 Å². The third-order valence-electron chi connectivity index (χ3n) is 7.33. The first-order valence-corrected chi connectivity index (χ1v) is 13.5. The first kappa shape index (κ1) is 26.0. The normalized spacial score (nSPS) is 11.2. The molecule has 4 aromatic carbocycles. The molecule has 41 heavy (non-hydrogen) atoms. The minimum Gasteiger partial charge on any atom is -0.489 e. The first-order valence-electron chi connectivity index (χ1n) is 13.5. The highest BCUT2D eigenvalue weighted by atomic mass is 16.5. The maximum Gasteiger partial charge on any atom is 0.268 e. The van der Waals surface area contributed by atoms with Crippen LogP contribution in [0.3, 0.4) is 0 Å². The predicted molar refractivity (Wildman–Crippen MR) is 161 cm³/mol. The maximum atomic E-state index is 13.5. The molecule has 204 valence electrons. The Labute approximate surface area is 236 Å². The number of H-pyrrole nitrogens is 4. The summed E-state index contributed by atoms with van der Waals surface area (Å²) in [5.41, 5.74) is 7.27. The van der Waals surface area contributed by atoms with Gasteiger partial charge in [0.15, 0.2) is 0 Å². The number of hydrogen-bond acceptors (Lipinski definition) is 3. The number of rotatable bonds is 8. The lowest BCUT2D eigenvalue weighted by Crippen LogP contribution is -2.20. The molecule has 0 aliphatic rings. The number of benzene rings is 4. The van der Waals surface area contributed by atoms with Gasteiger partial charge in [0.05, 0.1) is 22.5 Å². The summed E-state index contributed by atoms with van der Waals surface area (Å²) >= 11 is 0. The molecule has 0 radical (unpaired) electrons. The Morgan fingerprint density at radius 3 is 1.68 bits per heavy atom. The molecule has 0 atom stereocenters. The van der Waals surface area contributed by atoms with Gasteiger partial charge in [-0.1, -0.05) is 102 Å². The van der Waals surface area contributed by atoms with Gasteiger partial charge in [0.25, 0.3) is 11.1 Å². The van der Waals surface area contributed by atoms with Crippen LogP contribution in [0, 0.1) is 13.8 Å². The molecule has 0 aliphatic carbocycles. The van der Waals surface area contributed by atoms with E-state index in [1.165, 1.54) is 0 Å². The largest absolute Gasteiger partial charge is 0.489 e. The van der Waals surface area contributed by atoms with Crippen molar-refractivity contribution < 1.29 is 4.74 Å². The van der Waals surface area contributed by atoms with Crippen molar-refractivity contribution >= 4 is 0 Å². The van der Waals surface area contributed by atoms with Crippen molar-refractivity contribution in [2.24, 2.45) is 0 Å². The van der Waals surface area contributed by atoms with E-state index in [2.05, 4.69) is 20.4 Å². The topological polar surface area (TPSA) is 107 Å². The molecular weight excluding hydrogens is 512 g/mol. The van der Waals surface area contributed by atoms with Gasteiger partial charge in [-0.05, 0) is 48.2 Å². The molecule has 0 bridgehead atoms. The molecule has 7 nitrogen and oxygen atoms in total. The molecule has 0 amide bonds. The Morgan fingerprint density at radius 1 is 0.610 bits per heavy atom. The lowest BCUT2D eigenvalue weighted by Gasteiger charge is -2.19. The molecule has 6 aromatic rings. The van der Waals surface area contributed by atoms with Gasteiger partial charge in [0.1, 0.15) is 12.4 Å².